The van der Waals surface area contributed by atoms with E-state index in [0.717, 1.165) is 13.0 Å². The summed E-state index contributed by atoms with van der Waals surface area (Å²) in [5, 5.41) is 2.09. The lowest BCUT2D eigenvalue weighted by molar-refractivity contribution is -0.137. The van der Waals surface area contributed by atoms with E-state index in [1.54, 1.807) is 18.3 Å². The molecule has 2 aliphatic heterocycles. The smallest absolute Gasteiger partial charge is 0.226 e. The van der Waals surface area contributed by atoms with Crippen molar-refractivity contribution in [3.63, 3.8) is 0 Å². The summed E-state index contributed by atoms with van der Waals surface area (Å²) in [4.78, 5) is 16.0. The fourth-order valence-electron chi connectivity index (χ4n) is 3.26. The second-order valence-electron chi connectivity index (χ2n) is 5.95. The molecule has 1 aromatic rings. The zero-order valence-corrected chi connectivity index (χ0v) is 14.5. The van der Waals surface area contributed by atoms with Gasteiger partial charge in [-0.1, -0.05) is 0 Å². The average Bonchev–Trinajstić information content (AvgIpc) is 3.02. The quantitative estimate of drug-likeness (QED) is 0.840. The van der Waals surface area contributed by atoms with Crippen LogP contribution >= 0.6 is 11.3 Å². The molecule has 1 aromatic heterocycles. The maximum atomic E-state index is 12.7. The third kappa shape index (κ3) is 3.07. The first-order valence-corrected chi connectivity index (χ1v) is 10.3. The van der Waals surface area contributed by atoms with E-state index in [0.29, 0.717) is 32.5 Å². The van der Waals surface area contributed by atoms with Gasteiger partial charge in [-0.05, 0) is 43.2 Å². The second kappa shape index (κ2) is 6.29. The molecule has 1 amide bonds. The van der Waals surface area contributed by atoms with Crippen molar-refractivity contribution in [3.8, 4) is 0 Å². The highest BCUT2D eigenvalue weighted by atomic mass is 32.2. The summed E-state index contributed by atoms with van der Waals surface area (Å²) in [5.41, 5.74) is 1.27. The van der Waals surface area contributed by atoms with E-state index in [1.807, 2.05) is 4.90 Å². The minimum Gasteiger partial charge on any atom is -0.338 e. The van der Waals surface area contributed by atoms with Crippen molar-refractivity contribution in [2.45, 2.75) is 32.7 Å². The third-order valence-electron chi connectivity index (χ3n) is 4.68. The van der Waals surface area contributed by atoms with Gasteiger partial charge in [0.2, 0.25) is 15.9 Å². The molecule has 22 heavy (non-hydrogen) atoms. The molecule has 2 aliphatic rings. The van der Waals surface area contributed by atoms with Gasteiger partial charge in [0.1, 0.15) is 0 Å². The molecule has 7 heteroatoms. The normalized spacial score (nSPS) is 20.9. The number of nitrogens with zero attached hydrogens (tertiary/aromatic N) is 2. The first-order valence-electron chi connectivity index (χ1n) is 7.83. The lowest BCUT2D eigenvalue weighted by Crippen LogP contribution is -2.45. The van der Waals surface area contributed by atoms with Crippen molar-refractivity contribution < 1.29 is 13.2 Å². The molecule has 0 radical (unpaired) electrons. The molecule has 0 atom stereocenters. The number of amides is 1. The van der Waals surface area contributed by atoms with Crippen LogP contribution in [0.5, 0.6) is 0 Å². The largest absolute Gasteiger partial charge is 0.338 e. The molecule has 5 nitrogen and oxygen atoms in total. The Morgan fingerprint density at radius 1 is 1.32 bits per heavy atom. The minimum atomic E-state index is -3.12. The molecule has 0 bridgehead atoms. The molecule has 0 unspecified atom stereocenters. The van der Waals surface area contributed by atoms with Crippen LogP contribution in [0.15, 0.2) is 11.4 Å². The molecule has 1 fully saturated rings. The first kappa shape index (κ1) is 16.0. The highest BCUT2D eigenvalue weighted by molar-refractivity contribution is 7.89. The number of piperidine rings is 1. The molecule has 0 aromatic carbocycles. The Morgan fingerprint density at radius 2 is 2.05 bits per heavy atom. The second-order valence-corrected chi connectivity index (χ2v) is 9.21. The van der Waals surface area contributed by atoms with Gasteiger partial charge in [0.05, 0.1) is 5.75 Å². The van der Waals surface area contributed by atoms with E-state index in [-0.39, 0.29) is 17.6 Å². The summed E-state index contributed by atoms with van der Waals surface area (Å²) in [5.74, 6) is 0.312. The number of rotatable bonds is 3. The third-order valence-corrected chi connectivity index (χ3v) is 7.59. The zero-order valence-electron chi connectivity index (χ0n) is 12.8. The van der Waals surface area contributed by atoms with Crippen LogP contribution in [0.1, 0.15) is 30.2 Å². The molecule has 1 saturated heterocycles. The fraction of sp³-hybridized carbons (Fsp3) is 0.667. The van der Waals surface area contributed by atoms with E-state index in [2.05, 4.69) is 11.4 Å². The van der Waals surface area contributed by atoms with Gasteiger partial charge >= 0.3 is 0 Å². The summed E-state index contributed by atoms with van der Waals surface area (Å²) in [6, 6.07) is 2.11. The van der Waals surface area contributed by atoms with Crippen LogP contribution in [-0.2, 0) is 27.8 Å². The van der Waals surface area contributed by atoms with Gasteiger partial charge in [0.15, 0.2) is 0 Å². The Bertz CT molecular complexity index is 645. The summed E-state index contributed by atoms with van der Waals surface area (Å²) in [7, 11) is -3.12. The maximum absolute atomic E-state index is 12.7. The topological polar surface area (TPSA) is 57.7 Å². The maximum Gasteiger partial charge on any atom is 0.226 e. The lowest BCUT2D eigenvalue weighted by Gasteiger charge is -2.35. The number of hydrogen-bond acceptors (Lipinski definition) is 4. The number of carbonyl (C=O) groups excluding carboxylic acids is 1. The molecular formula is C15H22N2O3S2. The fourth-order valence-corrected chi connectivity index (χ4v) is 5.28. The minimum absolute atomic E-state index is 0.0245. The summed E-state index contributed by atoms with van der Waals surface area (Å²) >= 11 is 1.77. The Morgan fingerprint density at radius 3 is 2.73 bits per heavy atom. The first-order chi connectivity index (χ1) is 10.5. The Hall–Kier alpha value is -0.920. The van der Waals surface area contributed by atoms with E-state index >= 15 is 0 Å². The van der Waals surface area contributed by atoms with Crippen LogP contribution in [0.2, 0.25) is 0 Å². The number of hydrogen-bond donors (Lipinski definition) is 0. The van der Waals surface area contributed by atoms with Gasteiger partial charge < -0.3 is 4.90 Å². The molecule has 0 spiro atoms. The standard InChI is InChI=1S/C15H22N2O3S2/c1-2-22(19,20)17-8-3-12(4-9-17)15(18)16-7-5-14-13(11-16)6-10-21-14/h6,10,12H,2-5,7-9,11H2,1H3. The van der Waals surface area contributed by atoms with Crippen LogP contribution < -0.4 is 0 Å². The van der Waals surface area contributed by atoms with Crippen molar-refractivity contribution in [3.05, 3.63) is 21.9 Å². The van der Waals surface area contributed by atoms with Crippen molar-refractivity contribution in [2.75, 3.05) is 25.4 Å². The lowest BCUT2D eigenvalue weighted by atomic mass is 9.95. The van der Waals surface area contributed by atoms with Crippen molar-refractivity contribution in [1.82, 2.24) is 9.21 Å². The van der Waals surface area contributed by atoms with Crippen LogP contribution in [0.25, 0.3) is 0 Å². The molecule has 122 valence electrons. The molecule has 0 N–H and O–H groups in total. The molecular weight excluding hydrogens is 320 g/mol. The number of thiophene rings is 1. The summed E-state index contributed by atoms with van der Waals surface area (Å²) < 4.78 is 25.3. The van der Waals surface area contributed by atoms with Gasteiger partial charge in [0.25, 0.3) is 0 Å². The predicted molar refractivity (Wildman–Crippen MR) is 87.2 cm³/mol. The van der Waals surface area contributed by atoms with Crippen LogP contribution in [-0.4, -0.2) is 48.9 Å². The summed E-state index contributed by atoms with van der Waals surface area (Å²) in [6.07, 6.45) is 2.23. The van der Waals surface area contributed by atoms with Gasteiger partial charge in [-0.3, -0.25) is 4.79 Å². The van der Waals surface area contributed by atoms with Crippen molar-refractivity contribution in [2.24, 2.45) is 5.92 Å². The predicted octanol–water partition coefficient (Wildman–Crippen LogP) is 1.69. The Labute approximate surface area is 136 Å². The Kier molecular flexibility index (Phi) is 4.56. The number of fused-ring (bicyclic) bond motifs is 1. The van der Waals surface area contributed by atoms with Gasteiger partial charge in [-0.25, -0.2) is 12.7 Å². The molecule has 0 aliphatic carbocycles. The highest BCUT2D eigenvalue weighted by Gasteiger charge is 2.33. The van der Waals surface area contributed by atoms with Crippen LogP contribution in [0, 0.1) is 5.92 Å². The van der Waals surface area contributed by atoms with Crippen LogP contribution in [0.4, 0.5) is 0 Å². The number of carbonyl (C=O) groups is 1. The van der Waals surface area contributed by atoms with E-state index in [1.165, 1.54) is 14.7 Å². The van der Waals surface area contributed by atoms with E-state index < -0.39 is 10.0 Å². The highest BCUT2D eigenvalue weighted by Crippen LogP contribution is 2.27. The Balaban J connectivity index is 1.59. The average molecular weight is 342 g/mol. The molecule has 0 saturated carbocycles. The summed E-state index contributed by atoms with van der Waals surface area (Å²) in [6.45, 7) is 4.12. The zero-order chi connectivity index (χ0) is 15.7. The van der Waals surface area contributed by atoms with Crippen molar-refractivity contribution in [1.29, 1.82) is 0 Å². The van der Waals surface area contributed by atoms with Crippen LogP contribution in [0.3, 0.4) is 0 Å². The number of sulfonamides is 1. The van der Waals surface area contributed by atoms with Gasteiger partial charge in [0, 0.05) is 37.0 Å². The molecule has 3 rings (SSSR count). The SMILES string of the molecule is CCS(=O)(=O)N1CCC(C(=O)N2CCc3sccc3C2)CC1. The van der Waals surface area contributed by atoms with Crippen molar-refractivity contribution >= 4 is 27.3 Å². The monoisotopic (exact) mass is 342 g/mol. The van der Waals surface area contributed by atoms with Gasteiger partial charge in [-0.15, -0.1) is 11.3 Å². The van der Waals surface area contributed by atoms with E-state index in [4.69, 9.17) is 0 Å². The van der Waals surface area contributed by atoms with Gasteiger partial charge in [-0.2, -0.15) is 0 Å². The van der Waals surface area contributed by atoms with E-state index in [9.17, 15) is 13.2 Å². The molecule has 3 heterocycles.